The number of nitro benzene ring substituents is 1. The van der Waals surface area contributed by atoms with E-state index >= 15 is 0 Å². The zero-order valence-electron chi connectivity index (χ0n) is 19.7. The largest absolute Gasteiger partial charge is 0.462 e. The fourth-order valence-electron chi connectivity index (χ4n) is 4.30. The van der Waals surface area contributed by atoms with Gasteiger partial charge in [-0.05, 0) is 38.7 Å². The second-order valence-electron chi connectivity index (χ2n) is 9.04. The van der Waals surface area contributed by atoms with Crippen LogP contribution in [0.2, 0.25) is 0 Å². The van der Waals surface area contributed by atoms with Gasteiger partial charge >= 0.3 is 17.9 Å². The monoisotopic (exact) mass is 474 g/mol. The Morgan fingerprint density at radius 1 is 1.21 bits per heavy atom. The van der Waals surface area contributed by atoms with E-state index in [1.165, 1.54) is 18.2 Å². The van der Waals surface area contributed by atoms with Crippen molar-refractivity contribution in [2.75, 3.05) is 6.61 Å². The van der Waals surface area contributed by atoms with Crippen molar-refractivity contribution in [1.29, 1.82) is 0 Å². The van der Waals surface area contributed by atoms with E-state index in [2.05, 4.69) is 5.32 Å². The molecule has 0 saturated heterocycles. The maximum absolute atomic E-state index is 13.4. The number of hydrogen-bond donors (Lipinski definition) is 3. The molecule has 0 amide bonds. The number of nitrogens with one attached hydrogen (secondary N) is 1. The van der Waals surface area contributed by atoms with Gasteiger partial charge in [0, 0.05) is 23.5 Å². The van der Waals surface area contributed by atoms with E-state index in [1.807, 2.05) is 6.92 Å². The van der Waals surface area contributed by atoms with E-state index in [0.717, 1.165) is 6.42 Å². The summed E-state index contributed by atoms with van der Waals surface area (Å²) in [7, 11) is 0. The average molecular weight is 475 g/mol. The molecule has 0 bridgehead atoms. The molecule has 1 aromatic carbocycles. The fraction of sp³-hybridized carbons (Fsp3) is 0.500. The summed E-state index contributed by atoms with van der Waals surface area (Å²) in [5, 5.41) is 35.5. The molecule has 184 valence electrons. The van der Waals surface area contributed by atoms with Crippen LogP contribution in [0.4, 0.5) is 5.69 Å². The van der Waals surface area contributed by atoms with Crippen molar-refractivity contribution in [2.24, 2.45) is 5.41 Å². The molecule has 3 N–H and O–H groups in total. The molecule has 1 saturated carbocycles. The van der Waals surface area contributed by atoms with Crippen LogP contribution in [0, 0.1) is 15.5 Å². The molecule has 1 atom stereocenters. The number of nitrogens with zero attached hydrogens (tertiary/aromatic N) is 1. The Morgan fingerprint density at radius 3 is 2.35 bits per heavy atom. The lowest BCUT2D eigenvalue weighted by Gasteiger charge is -2.46. The highest BCUT2D eigenvalue weighted by atomic mass is 16.8. The average Bonchev–Trinajstić information content (AvgIpc) is 2.74. The topological polar surface area (TPSA) is 148 Å². The van der Waals surface area contributed by atoms with Crippen LogP contribution in [-0.2, 0) is 19.1 Å². The molecule has 1 aliphatic heterocycles. The van der Waals surface area contributed by atoms with Gasteiger partial charge in [0.1, 0.15) is 0 Å². The summed E-state index contributed by atoms with van der Waals surface area (Å²) in [5.74, 6) is -5.54. The summed E-state index contributed by atoms with van der Waals surface area (Å²) in [5.41, 5.74) is -0.193. The minimum absolute atomic E-state index is 0.0649. The number of rotatable bonds is 8. The van der Waals surface area contributed by atoms with E-state index in [4.69, 9.17) is 9.47 Å². The van der Waals surface area contributed by atoms with E-state index < -0.39 is 34.2 Å². The first-order valence-electron chi connectivity index (χ1n) is 11.2. The van der Waals surface area contributed by atoms with Crippen LogP contribution in [0.25, 0.3) is 0 Å². The number of allylic oxidation sites excluding steroid dienone is 2. The molecule has 34 heavy (non-hydrogen) atoms. The molecule has 0 aromatic heterocycles. The second kappa shape index (κ2) is 9.55. The lowest BCUT2D eigenvalue weighted by molar-refractivity contribution is -0.386. The minimum atomic E-state index is -2.72. The molecule has 0 spiro atoms. The summed E-state index contributed by atoms with van der Waals surface area (Å²) >= 11 is 0. The van der Waals surface area contributed by atoms with Gasteiger partial charge in [0.05, 0.1) is 34.0 Å². The number of ether oxygens (including phenoxy) is 2. The van der Waals surface area contributed by atoms with Crippen molar-refractivity contribution >= 4 is 17.6 Å². The first-order valence-corrected chi connectivity index (χ1v) is 11.2. The molecule has 0 radical (unpaired) electrons. The number of nitro groups is 1. The van der Waals surface area contributed by atoms with Gasteiger partial charge in [0.25, 0.3) is 5.69 Å². The van der Waals surface area contributed by atoms with E-state index in [1.54, 1.807) is 26.8 Å². The highest BCUT2D eigenvalue weighted by molar-refractivity contribution is 6.00. The predicted octanol–water partition coefficient (Wildman–Crippen LogP) is 3.15. The molecule has 1 unspecified atom stereocenters. The Kier molecular flexibility index (Phi) is 7.13. The van der Waals surface area contributed by atoms with Crippen LogP contribution in [0.5, 0.6) is 0 Å². The smallest absolute Gasteiger partial charge is 0.341 e. The van der Waals surface area contributed by atoms with Gasteiger partial charge in [-0.25, -0.2) is 9.59 Å². The Hall–Kier alpha value is -3.24. The van der Waals surface area contributed by atoms with Crippen LogP contribution in [-0.4, -0.2) is 39.7 Å². The third-order valence-corrected chi connectivity index (χ3v) is 6.53. The Morgan fingerprint density at radius 2 is 1.82 bits per heavy atom. The summed E-state index contributed by atoms with van der Waals surface area (Å²) in [6, 6.07) is 5.59. The maximum Gasteiger partial charge on any atom is 0.341 e. The summed E-state index contributed by atoms with van der Waals surface area (Å²) in [6.07, 6.45) is 2.27. The third-order valence-electron chi connectivity index (χ3n) is 6.53. The Labute approximate surface area is 197 Å². The number of non-ortho nitro benzene ring substituents is 1. The molecule has 10 heteroatoms. The van der Waals surface area contributed by atoms with Gasteiger partial charge < -0.3 is 25.0 Å². The summed E-state index contributed by atoms with van der Waals surface area (Å²) < 4.78 is 10.5. The molecule has 1 fully saturated rings. The normalized spacial score (nSPS) is 19.8. The number of carbonyl (C=O) groups is 2. The number of dihydropyridines is 1. The number of hydrogen-bond acceptors (Lipinski definition) is 9. The number of aliphatic hydroxyl groups is 2. The molecule has 10 nitrogen and oxygen atoms in total. The van der Waals surface area contributed by atoms with Crippen LogP contribution in [0.3, 0.4) is 0 Å². The van der Waals surface area contributed by atoms with Crippen molar-refractivity contribution in [3.05, 3.63) is 62.5 Å². The lowest BCUT2D eigenvalue weighted by atomic mass is 9.68. The standard InChI is InChI=1S/C24H30N2O8/c1-5-12-33-21(27)18-14(2)25-15(3)19(20(18)16-8-6-9-17(13-16)26(31)32)22(28)34-24(29,30)23(4)10-7-11-23/h6,8-9,13,20,25,29-30H,5,7,10-12H2,1-4H3. The highest BCUT2D eigenvalue weighted by Gasteiger charge is 2.54. The van der Waals surface area contributed by atoms with Crippen molar-refractivity contribution in [2.45, 2.75) is 65.3 Å². The van der Waals surface area contributed by atoms with Gasteiger partial charge in [0.2, 0.25) is 0 Å². The van der Waals surface area contributed by atoms with E-state index in [-0.39, 0.29) is 23.4 Å². The van der Waals surface area contributed by atoms with E-state index in [9.17, 15) is 29.9 Å². The molecular formula is C24H30N2O8. The summed E-state index contributed by atoms with van der Waals surface area (Å²) in [6.45, 7) is 6.81. The van der Waals surface area contributed by atoms with Crippen molar-refractivity contribution < 1.29 is 34.2 Å². The quantitative estimate of drug-likeness (QED) is 0.224. The zero-order valence-corrected chi connectivity index (χ0v) is 19.7. The van der Waals surface area contributed by atoms with Crippen molar-refractivity contribution in [3.63, 3.8) is 0 Å². The molecule has 1 heterocycles. The molecule has 1 aromatic rings. The lowest BCUT2D eigenvalue weighted by Crippen LogP contribution is -2.54. The van der Waals surface area contributed by atoms with Gasteiger partial charge in [-0.15, -0.1) is 0 Å². The zero-order chi connectivity index (χ0) is 25.3. The van der Waals surface area contributed by atoms with Gasteiger partial charge in [0.15, 0.2) is 0 Å². The second-order valence-corrected chi connectivity index (χ2v) is 9.04. The minimum Gasteiger partial charge on any atom is -0.462 e. The number of carbonyl (C=O) groups excluding carboxylic acids is 2. The first kappa shape index (κ1) is 25.4. The van der Waals surface area contributed by atoms with Crippen molar-refractivity contribution in [1.82, 2.24) is 5.32 Å². The Bertz CT molecular complexity index is 1070. The molecule has 2 aliphatic rings. The van der Waals surface area contributed by atoms with Gasteiger partial charge in [-0.2, -0.15) is 0 Å². The summed E-state index contributed by atoms with van der Waals surface area (Å²) in [4.78, 5) is 37.2. The molecular weight excluding hydrogens is 444 g/mol. The first-order chi connectivity index (χ1) is 15.9. The van der Waals surface area contributed by atoms with E-state index in [0.29, 0.717) is 36.2 Å². The highest BCUT2D eigenvalue weighted by Crippen LogP contribution is 2.49. The predicted molar refractivity (Wildman–Crippen MR) is 121 cm³/mol. The van der Waals surface area contributed by atoms with Crippen LogP contribution in [0.1, 0.15) is 64.9 Å². The van der Waals surface area contributed by atoms with Crippen LogP contribution in [0.15, 0.2) is 46.8 Å². The number of benzene rings is 1. The fourth-order valence-corrected chi connectivity index (χ4v) is 4.30. The van der Waals surface area contributed by atoms with Gasteiger partial charge in [-0.3, -0.25) is 10.1 Å². The number of esters is 2. The third kappa shape index (κ3) is 4.69. The SMILES string of the molecule is CCCOC(=O)C1=C(C)NC(C)=C(C(=O)OC(O)(O)C2(C)CCC2)C1c1cccc([N+](=O)[O-])c1. The van der Waals surface area contributed by atoms with Gasteiger partial charge in [-0.1, -0.05) is 32.4 Å². The van der Waals surface area contributed by atoms with Crippen LogP contribution >= 0.6 is 0 Å². The maximum atomic E-state index is 13.4. The molecule has 3 rings (SSSR count). The Balaban J connectivity index is 2.09. The van der Waals surface area contributed by atoms with Crippen LogP contribution < -0.4 is 5.32 Å². The van der Waals surface area contributed by atoms with Crippen molar-refractivity contribution in [3.8, 4) is 0 Å². The molecule has 1 aliphatic carbocycles.